The van der Waals surface area contributed by atoms with E-state index in [0.717, 1.165) is 19.5 Å². The second-order valence-corrected chi connectivity index (χ2v) is 5.01. The lowest BCUT2D eigenvalue weighted by Crippen LogP contribution is -2.42. The van der Waals surface area contributed by atoms with Gasteiger partial charge in [-0.2, -0.15) is 17.4 Å². The Bertz CT molecular complexity index is 231. The number of nitrogens with zero attached hydrogens (tertiary/aromatic N) is 1. The van der Waals surface area contributed by atoms with Crippen molar-refractivity contribution in [1.82, 2.24) is 14.3 Å². The van der Waals surface area contributed by atoms with Crippen molar-refractivity contribution < 1.29 is 8.42 Å². The smallest absolute Gasteiger partial charge is 0.279 e. The fourth-order valence-electron chi connectivity index (χ4n) is 1.07. The zero-order valence-electron chi connectivity index (χ0n) is 7.37. The van der Waals surface area contributed by atoms with Crippen LogP contribution in [0.25, 0.3) is 0 Å². The molecule has 0 aliphatic carbocycles. The van der Waals surface area contributed by atoms with Crippen LogP contribution in [-0.2, 0) is 10.2 Å². The van der Waals surface area contributed by atoms with Gasteiger partial charge in [0.15, 0.2) is 0 Å². The zero-order chi connectivity index (χ0) is 9.19. The van der Waals surface area contributed by atoms with E-state index in [1.54, 1.807) is 0 Å². The first-order valence-corrected chi connectivity index (χ1v) is 5.37. The van der Waals surface area contributed by atoms with Gasteiger partial charge in [0.1, 0.15) is 0 Å². The van der Waals surface area contributed by atoms with E-state index in [1.807, 2.05) is 0 Å². The van der Waals surface area contributed by atoms with Crippen LogP contribution in [0.4, 0.5) is 0 Å². The molecule has 0 aromatic heterocycles. The summed E-state index contributed by atoms with van der Waals surface area (Å²) in [7, 11) is -0.201. The summed E-state index contributed by atoms with van der Waals surface area (Å²) in [5.41, 5.74) is 0. The van der Waals surface area contributed by atoms with Gasteiger partial charge >= 0.3 is 0 Å². The molecule has 0 aromatic carbocycles. The van der Waals surface area contributed by atoms with E-state index in [1.165, 1.54) is 18.4 Å². The molecule has 2 N–H and O–H groups in total. The van der Waals surface area contributed by atoms with Crippen molar-refractivity contribution in [1.29, 1.82) is 0 Å². The van der Waals surface area contributed by atoms with Crippen LogP contribution < -0.4 is 10.0 Å². The number of nitrogens with one attached hydrogen (secondary N) is 2. The van der Waals surface area contributed by atoms with E-state index in [4.69, 9.17) is 0 Å². The van der Waals surface area contributed by atoms with Crippen LogP contribution in [0.2, 0.25) is 0 Å². The van der Waals surface area contributed by atoms with E-state index < -0.39 is 10.2 Å². The Morgan fingerprint density at radius 3 is 2.58 bits per heavy atom. The summed E-state index contributed by atoms with van der Waals surface area (Å²) in [6.45, 7) is 1.62. The largest absolute Gasteiger partial charge is 0.315 e. The number of hydrogen-bond donors (Lipinski definition) is 2. The van der Waals surface area contributed by atoms with Crippen LogP contribution in [0.1, 0.15) is 6.42 Å². The average Bonchev–Trinajstić information content (AvgIpc) is 2.38. The average molecular weight is 193 g/mol. The molecule has 0 bridgehead atoms. The van der Waals surface area contributed by atoms with Gasteiger partial charge < -0.3 is 5.32 Å². The number of rotatable bonds is 3. The van der Waals surface area contributed by atoms with E-state index in [9.17, 15) is 8.42 Å². The lowest BCUT2D eigenvalue weighted by molar-refractivity contribution is 0.491. The Kier molecular flexibility index (Phi) is 3.05. The highest BCUT2D eigenvalue weighted by Crippen LogP contribution is 2.00. The molecule has 1 rings (SSSR count). The molecule has 1 unspecified atom stereocenters. The van der Waals surface area contributed by atoms with Crippen molar-refractivity contribution >= 4 is 10.2 Å². The first-order chi connectivity index (χ1) is 5.52. The summed E-state index contributed by atoms with van der Waals surface area (Å²) in [6.07, 6.45) is 0.868. The van der Waals surface area contributed by atoms with E-state index >= 15 is 0 Å². The molecule has 1 fully saturated rings. The lowest BCUT2D eigenvalue weighted by Gasteiger charge is -2.16. The van der Waals surface area contributed by atoms with E-state index in [2.05, 4.69) is 10.0 Å². The Labute approximate surface area is 73.3 Å². The Hall–Kier alpha value is -0.170. The minimum atomic E-state index is -3.24. The van der Waals surface area contributed by atoms with Gasteiger partial charge in [0.2, 0.25) is 0 Å². The summed E-state index contributed by atoms with van der Waals surface area (Å²) >= 11 is 0. The summed E-state index contributed by atoms with van der Waals surface area (Å²) in [5, 5.41) is 3.09. The normalized spacial score (nSPS) is 25.1. The van der Waals surface area contributed by atoms with E-state index in [-0.39, 0.29) is 6.04 Å². The fraction of sp³-hybridized carbons (Fsp3) is 1.00. The minimum absolute atomic E-state index is 0.0531. The maximum absolute atomic E-state index is 11.3. The lowest BCUT2D eigenvalue weighted by atomic mass is 10.3. The van der Waals surface area contributed by atoms with Gasteiger partial charge in [-0.25, -0.2) is 0 Å². The van der Waals surface area contributed by atoms with Crippen molar-refractivity contribution in [3.8, 4) is 0 Å². The fourth-order valence-corrected chi connectivity index (χ4v) is 1.90. The molecule has 1 aliphatic heterocycles. The van der Waals surface area contributed by atoms with Crippen LogP contribution in [0.15, 0.2) is 0 Å². The molecular formula is C6H15N3O2S. The topological polar surface area (TPSA) is 61.4 Å². The summed E-state index contributed by atoms with van der Waals surface area (Å²) in [4.78, 5) is 0. The summed E-state index contributed by atoms with van der Waals surface area (Å²) < 4.78 is 26.3. The third-order valence-corrected chi connectivity index (χ3v) is 3.45. The number of hydrogen-bond acceptors (Lipinski definition) is 3. The molecule has 0 saturated carbocycles. The first-order valence-electron chi connectivity index (χ1n) is 3.93. The van der Waals surface area contributed by atoms with Gasteiger partial charge in [-0.3, -0.25) is 0 Å². The van der Waals surface area contributed by atoms with Crippen LogP contribution in [0, 0.1) is 0 Å². The van der Waals surface area contributed by atoms with Gasteiger partial charge in [-0.05, 0) is 13.0 Å². The summed E-state index contributed by atoms with van der Waals surface area (Å²) in [5.74, 6) is 0. The summed E-state index contributed by atoms with van der Waals surface area (Å²) in [6, 6.07) is 0.0531. The van der Waals surface area contributed by atoms with Gasteiger partial charge in [0, 0.05) is 26.7 Å². The molecule has 1 saturated heterocycles. The first kappa shape index (κ1) is 9.91. The molecule has 0 aromatic rings. The molecule has 72 valence electrons. The second kappa shape index (κ2) is 3.69. The molecule has 0 amide bonds. The molecule has 0 spiro atoms. The quantitative estimate of drug-likeness (QED) is 0.588. The monoisotopic (exact) mass is 193 g/mol. The predicted octanol–water partition coefficient (Wildman–Crippen LogP) is -1.26. The molecule has 1 atom stereocenters. The Morgan fingerprint density at radius 1 is 1.50 bits per heavy atom. The van der Waals surface area contributed by atoms with Crippen molar-refractivity contribution in [2.75, 3.05) is 27.2 Å². The maximum atomic E-state index is 11.3. The molecule has 6 heteroatoms. The van der Waals surface area contributed by atoms with Crippen molar-refractivity contribution in [3.05, 3.63) is 0 Å². The third-order valence-electron chi connectivity index (χ3n) is 1.86. The Morgan fingerprint density at radius 2 is 2.17 bits per heavy atom. The van der Waals surface area contributed by atoms with Gasteiger partial charge in [-0.1, -0.05) is 0 Å². The van der Waals surface area contributed by atoms with E-state index in [0.29, 0.717) is 0 Å². The zero-order valence-corrected chi connectivity index (χ0v) is 8.19. The van der Waals surface area contributed by atoms with Crippen LogP contribution in [-0.4, -0.2) is 45.9 Å². The van der Waals surface area contributed by atoms with Crippen LogP contribution in [0.5, 0.6) is 0 Å². The van der Waals surface area contributed by atoms with Crippen molar-refractivity contribution in [3.63, 3.8) is 0 Å². The molecule has 0 radical (unpaired) electrons. The standard InChI is InChI=1S/C6H15N3O2S/c1-9(2)12(10,11)8-6-3-4-7-5-6/h6-8H,3-5H2,1-2H3. The van der Waals surface area contributed by atoms with Crippen LogP contribution in [0.3, 0.4) is 0 Å². The third kappa shape index (κ3) is 2.41. The maximum Gasteiger partial charge on any atom is 0.279 e. The molecular weight excluding hydrogens is 178 g/mol. The highest BCUT2D eigenvalue weighted by molar-refractivity contribution is 7.87. The van der Waals surface area contributed by atoms with Crippen molar-refractivity contribution in [2.24, 2.45) is 0 Å². The highest BCUT2D eigenvalue weighted by atomic mass is 32.2. The minimum Gasteiger partial charge on any atom is -0.315 e. The second-order valence-electron chi connectivity index (χ2n) is 3.10. The predicted molar refractivity (Wildman–Crippen MR) is 47.0 cm³/mol. The van der Waals surface area contributed by atoms with Gasteiger partial charge in [-0.15, -0.1) is 0 Å². The molecule has 1 aliphatic rings. The molecule has 1 heterocycles. The van der Waals surface area contributed by atoms with Crippen molar-refractivity contribution in [2.45, 2.75) is 12.5 Å². The van der Waals surface area contributed by atoms with Crippen LogP contribution >= 0.6 is 0 Å². The SMILES string of the molecule is CN(C)S(=O)(=O)NC1CCNC1. The Balaban J connectivity index is 2.49. The molecule has 5 nitrogen and oxygen atoms in total. The van der Waals surface area contributed by atoms with Gasteiger partial charge in [0.25, 0.3) is 10.2 Å². The highest BCUT2D eigenvalue weighted by Gasteiger charge is 2.21. The van der Waals surface area contributed by atoms with Gasteiger partial charge in [0.05, 0.1) is 0 Å². The molecule has 12 heavy (non-hydrogen) atoms.